The Balaban J connectivity index is 1.34. The number of ketones is 1. The van der Waals surface area contributed by atoms with Crippen LogP contribution in [-0.2, 0) is 19.3 Å². The lowest BCUT2D eigenvalue weighted by Gasteiger charge is -2.17. The lowest BCUT2D eigenvalue weighted by Crippen LogP contribution is -2.21. The van der Waals surface area contributed by atoms with Gasteiger partial charge in [-0.2, -0.15) is 0 Å². The summed E-state index contributed by atoms with van der Waals surface area (Å²) in [6.45, 7) is 5.15. The average molecular weight is 516 g/mol. The van der Waals surface area contributed by atoms with Crippen molar-refractivity contribution in [2.45, 2.75) is 51.9 Å². The first kappa shape index (κ1) is 25.5. The molecule has 3 aromatic carbocycles. The molecule has 2 aliphatic rings. The van der Waals surface area contributed by atoms with Crippen LogP contribution in [0.15, 0.2) is 79.0 Å². The normalized spacial score (nSPS) is 15.6. The van der Waals surface area contributed by atoms with E-state index in [1.807, 2.05) is 0 Å². The minimum atomic E-state index is 0.0108. The molecule has 4 nitrogen and oxygen atoms in total. The highest BCUT2D eigenvalue weighted by Gasteiger charge is 2.16. The molecule has 1 aromatic heterocycles. The van der Waals surface area contributed by atoms with Crippen molar-refractivity contribution in [3.05, 3.63) is 101 Å². The number of aromatic nitrogens is 1. The quantitative estimate of drug-likeness (QED) is 0.201. The number of nitrogens with one attached hydrogen (secondary N) is 1. The number of Topliss-reactive ketones (excluding diaryl/α,β-unsaturated/α-hetero) is 1. The van der Waals surface area contributed by atoms with Crippen molar-refractivity contribution in [1.29, 1.82) is 0 Å². The van der Waals surface area contributed by atoms with Crippen LogP contribution in [0.2, 0.25) is 0 Å². The first-order valence-corrected chi connectivity index (χ1v) is 14.4. The monoisotopic (exact) mass is 515 g/mol. The molecule has 1 aliphatic heterocycles. The van der Waals surface area contributed by atoms with Gasteiger partial charge in [-0.25, -0.2) is 0 Å². The number of allylic oxidation sites excluding steroid dienone is 2. The Hall–Kier alpha value is -3.76. The fourth-order valence-electron chi connectivity index (χ4n) is 6.01. The average Bonchev–Trinajstić information content (AvgIpc) is 3.46. The number of fused-ring (bicyclic) bond motifs is 2. The van der Waals surface area contributed by atoms with Gasteiger partial charge in [-0.15, -0.1) is 0 Å². The van der Waals surface area contributed by atoms with Crippen LogP contribution < -0.4 is 5.32 Å². The molecule has 1 saturated heterocycles. The van der Waals surface area contributed by atoms with Gasteiger partial charge in [0.05, 0.1) is 16.8 Å². The molecule has 1 N–H and O–H groups in total. The highest BCUT2D eigenvalue weighted by atomic mass is 16.1. The molecule has 1 fully saturated rings. The Kier molecular flexibility index (Phi) is 7.55. The second kappa shape index (κ2) is 11.5. The van der Waals surface area contributed by atoms with E-state index in [1.165, 1.54) is 48.2 Å². The molecule has 0 bridgehead atoms. The third kappa shape index (κ3) is 5.81. The van der Waals surface area contributed by atoms with E-state index in [4.69, 9.17) is 0 Å². The number of hydrogen-bond acceptors (Lipinski definition) is 4. The Morgan fingerprint density at radius 1 is 0.897 bits per heavy atom. The van der Waals surface area contributed by atoms with E-state index in [2.05, 4.69) is 88.0 Å². The summed E-state index contributed by atoms with van der Waals surface area (Å²) in [5.74, 6) is 0.0108. The van der Waals surface area contributed by atoms with Crippen LogP contribution in [0.5, 0.6) is 0 Å². The maximum absolute atomic E-state index is 12.7. The smallest absolute Gasteiger partial charge is 0.163 e. The minimum Gasteiger partial charge on any atom is -0.354 e. The van der Waals surface area contributed by atoms with Gasteiger partial charge < -0.3 is 10.2 Å². The Morgan fingerprint density at radius 3 is 2.49 bits per heavy atom. The number of hydrogen-bond donors (Lipinski definition) is 1. The van der Waals surface area contributed by atoms with Gasteiger partial charge in [-0.1, -0.05) is 48.6 Å². The first-order valence-electron chi connectivity index (χ1n) is 14.4. The van der Waals surface area contributed by atoms with Crippen LogP contribution in [0.3, 0.4) is 0 Å². The molecule has 39 heavy (non-hydrogen) atoms. The Labute approximate surface area is 231 Å². The van der Waals surface area contributed by atoms with Crippen molar-refractivity contribution in [2.75, 3.05) is 25.0 Å². The summed E-state index contributed by atoms with van der Waals surface area (Å²) < 4.78 is 0. The number of rotatable bonds is 7. The number of pyridine rings is 1. The highest BCUT2D eigenvalue weighted by molar-refractivity contribution is 6.08. The molecule has 6 rings (SSSR count). The number of carbonyl (C=O) groups is 1. The van der Waals surface area contributed by atoms with Gasteiger partial charge in [0.1, 0.15) is 0 Å². The van der Waals surface area contributed by atoms with Gasteiger partial charge in [0.25, 0.3) is 0 Å². The topological polar surface area (TPSA) is 45.2 Å². The fourth-order valence-corrected chi connectivity index (χ4v) is 6.01. The zero-order valence-corrected chi connectivity index (χ0v) is 22.9. The summed E-state index contributed by atoms with van der Waals surface area (Å²) in [7, 11) is 0. The molecule has 4 aromatic rings. The van der Waals surface area contributed by atoms with Crippen molar-refractivity contribution in [1.82, 2.24) is 9.88 Å². The standard InChI is InChI=1S/C35H37N3O/c1-25(39)33-24-36-34-16-15-30(29-14-13-27-10-4-2-3-5-11-28(27)22-29)23-32(34)35(33)37-31-12-8-9-26(21-31)17-20-38-18-6-7-19-38/h2-3,8-9,12-16,21-24H,4-7,10-11,17-20H2,1H3,(H,36,37). The van der Waals surface area contributed by atoms with E-state index in [1.54, 1.807) is 13.1 Å². The van der Waals surface area contributed by atoms with Gasteiger partial charge in [0.2, 0.25) is 0 Å². The predicted octanol–water partition coefficient (Wildman–Crippen LogP) is 7.92. The lowest BCUT2D eigenvalue weighted by molar-refractivity contribution is 0.101. The van der Waals surface area contributed by atoms with Crippen LogP contribution in [0, 0.1) is 0 Å². The number of anilines is 2. The summed E-state index contributed by atoms with van der Waals surface area (Å²) in [5.41, 5.74) is 9.90. The molecule has 4 heteroatoms. The van der Waals surface area contributed by atoms with E-state index in [9.17, 15) is 4.79 Å². The second-order valence-electron chi connectivity index (χ2n) is 11.0. The Morgan fingerprint density at radius 2 is 1.67 bits per heavy atom. The molecule has 0 spiro atoms. The fraction of sp³-hybridized carbons (Fsp3) is 0.314. The molecule has 0 radical (unpaired) electrons. The van der Waals surface area contributed by atoms with Gasteiger partial charge >= 0.3 is 0 Å². The first-order chi connectivity index (χ1) is 19.1. The number of nitrogens with zero attached hydrogens (tertiary/aromatic N) is 2. The number of aryl methyl sites for hydroxylation is 2. The van der Waals surface area contributed by atoms with E-state index < -0.39 is 0 Å². The molecule has 198 valence electrons. The van der Waals surface area contributed by atoms with Gasteiger partial charge in [-0.05, 0) is 117 Å². The van der Waals surface area contributed by atoms with Crippen LogP contribution in [0.1, 0.15) is 59.7 Å². The number of carbonyl (C=O) groups excluding carboxylic acids is 1. The molecule has 0 atom stereocenters. The molecule has 0 saturated carbocycles. The van der Waals surface area contributed by atoms with Gasteiger partial charge in [0.15, 0.2) is 5.78 Å². The largest absolute Gasteiger partial charge is 0.354 e. The van der Waals surface area contributed by atoms with Crippen molar-refractivity contribution < 1.29 is 4.79 Å². The van der Waals surface area contributed by atoms with Gasteiger partial charge in [0, 0.05) is 23.8 Å². The van der Waals surface area contributed by atoms with E-state index >= 15 is 0 Å². The van der Waals surface area contributed by atoms with E-state index in [0.717, 1.165) is 66.5 Å². The highest BCUT2D eigenvalue weighted by Crippen LogP contribution is 2.34. The molecular formula is C35H37N3O. The second-order valence-corrected chi connectivity index (χ2v) is 11.0. The SMILES string of the molecule is CC(=O)c1cnc2ccc(-c3ccc4c(c3)CCC=CCC4)cc2c1Nc1cccc(CCN2CCCC2)c1. The predicted molar refractivity (Wildman–Crippen MR) is 162 cm³/mol. The van der Waals surface area contributed by atoms with Gasteiger partial charge in [-0.3, -0.25) is 9.78 Å². The molecule has 1 aliphatic carbocycles. The van der Waals surface area contributed by atoms with Crippen LogP contribution in [0.25, 0.3) is 22.0 Å². The zero-order chi connectivity index (χ0) is 26.6. The maximum atomic E-state index is 12.7. The molecule has 0 amide bonds. The molecular weight excluding hydrogens is 478 g/mol. The van der Waals surface area contributed by atoms with E-state index in [-0.39, 0.29) is 5.78 Å². The third-order valence-corrected chi connectivity index (χ3v) is 8.23. The maximum Gasteiger partial charge on any atom is 0.163 e. The van der Waals surface area contributed by atoms with Crippen molar-refractivity contribution in [3.63, 3.8) is 0 Å². The minimum absolute atomic E-state index is 0.0108. The summed E-state index contributed by atoms with van der Waals surface area (Å²) in [6, 6.07) is 21.9. The number of benzene rings is 3. The van der Waals surface area contributed by atoms with Crippen molar-refractivity contribution >= 4 is 28.1 Å². The van der Waals surface area contributed by atoms with Crippen LogP contribution >= 0.6 is 0 Å². The molecule has 0 unspecified atom stereocenters. The number of likely N-dealkylation sites (tertiary alicyclic amines) is 1. The third-order valence-electron chi connectivity index (χ3n) is 8.23. The van der Waals surface area contributed by atoms with Crippen LogP contribution in [0.4, 0.5) is 11.4 Å². The van der Waals surface area contributed by atoms with Crippen LogP contribution in [-0.4, -0.2) is 35.3 Å². The summed E-state index contributed by atoms with van der Waals surface area (Å²) in [5, 5.41) is 4.60. The zero-order valence-electron chi connectivity index (χ0n) is 22.9. The van der Waals surface area contributed by atoms with E-state index in [0.29, 0.717) is 5.56 Å². The molecule has 2 heterocycles. The summed E-state index contributed by atoms with van der Waals surface area (Å²) in [4.78, 5) is 19.9. The van der Waals surface area contributed by atoms with Crippen molar-refractivity contribution in [3.8, 4) is 11.1 Å². The summed E-state index contributed by atoms with van der Waals surface area (Å²) in [6.07, 6.45) is 14.3. The summed E-state index contributed by atoms with van der Waals surface area (Å²) >= 11 is 0. The lowest BCUT2D eigenvalue weighted by atomic mass is 9.92. The Bertz CT molecular complexity index is 1530. The van der Waals surface area contributed by atoms with Crippen molar-refractivity contribution in [2.24, 2.45) is 0 Å².